The minimum Gasteiger partial charge on any atom is -0.393 e. The van der Waals surface area contributed by atoms with Gasteiger partial charge in [-0.15, -0.1) is 0 Å². The van der Waals surface area contributed by atoms with Crippen LogP contribution in [-0.2, 0) is 0 Å². The summed E-state index contributed by atoms with van der Waals surface area (Å²) in [6, 6.07) is 10.1. The highest BCUT2D eigenvalue weighted by Gasteiger charge is 2.59. The Kier molecular flexibility index (Phi) is 4.61. The van der Waals surface area contributed by atoms with E-state index in [2.05, 4.69) is 18.8 Å². The van der Waals surface area contributed by atoms with Gasteiger partial charge in [-0.2, -0.15) is 0 Å². The Morgan fingerprint density at radius 1 is 0.893 bits per heavy atom. The topological polar surface area (TPSA) is 40.5 Å². The second kappa shape index (κ2) is 6.89. The molecule has 2 N–H and O–H groups in total. The zero-order valence-electron chi connectivity index (χ0n) is 17.1. The van der Waals surface area contributed by atoms with E-state index in [9.17, 15) is 10.2 Å². The molecule has 5 rings (SSSR count). The molecule has 2 heteroatoms. The van der Waals surface area contributed by atoms with Crippen molar-refractivity contribution in [3.05, 3.63) is 35.9 Å². The van der Waals surface area contributed by atoms with E-state index >= 15 is 0 Å². The number of hydrogen-bond donors (Lipinski definition) is 2. The van der Waals surface area contributed by atoms with Crippen LogP contribution < -0.4 is 0 Å². The van der Waals surface area contributed by atoms with Crippen LogP contribution in [0.15, 0.2) is 30.3 Å². The average molecular weight is 379 g/mol. The highest BCUT2D eigenvalue weighted by Crippen LogP contribution is 2.64. The van der Waals surface area contributed by atoms with E-state index in [1.807, 2.05) is 30.3 Å². The minimum absolute atomic E-state index is 0.0733. The first-order valence-electron chi connectivity index (χ1n) is 11.5. The predicted molar refractivity (Wildman–Crippen MR) is 111 cm³/mol. The molecule has 28 heavy (non-hydrogen) atoms. The average Bonchev–Trinajstić information content (AvgIpc) is 3.05. The van der Waals surface area contributed by atoms with Gasteiger partial charge >= 0.3 is 0 Å². The largest absolute Gasteiger partial charge is 0.393 e. The quantitative estimate of drug-likeness (QED) is 0.638. The van der Waals surface area contributed by atoms with Crippen molar-refractivity contribution in [2.45, 2.75) is 76.4 Å². The maximum Gasteiger partial charge on any atom is 0.128 e. The fraction of sp³-hybridized carbons (Fsp3) is 0.692. The number of aliphatic hydroxyl groups excluding tert-OH is 1. The Labute approximate surface area is 169 Å². The van der Waals surface area contributed by atoms with Gasteiger partial charge < -0.3 is 10.2 Å². The maximum absolute atomic E-state index is 11.5. The lowest BCUT2D eigenvalue weighted by atomic mass is 9.47. The van der Waals surface area contributed by atoms with Gasteiger partial charge in [-0.05, 0) is 99.0 Å². The highest BCUT2D eigenvalue weighted by molar-refractivity contribution is 5.37. The van der Waals surface area contributed by atoms with Crippen LogP contribution in [0.25, 0.3) is 0 Å². The van der Waals surface area contributed by atoms with E-state index in [0.29, 0.717) is 23.2 Å². The van der Waals surface area contributed by atoms with Crippen molar-refractivity contribution in [2.24, 2.45) is 35.0 Å². The Morgan fingerprint density at radius 3 is 2.46 bits per heavy atom. The molecule has 4 fully saturated rings. The van der Waals surface area contributed by atoms with Crippen molar-refractivity contribution in [1.82, 2.24) is 0 Å². The van der Waals surface area contributed by atoms with Gasteiger partial charge in [0.15, 0.2) is 0 Å². The van der Waals surface area contributed by atoms with Crippen molar-refractivity contribution < 1.29 is 10.2 Å². The summed E-state index contributed by atoms with van der Waals surface area (Å²) in [7, 11) is 0. The Bertz CT molecular complexity index is 777. The first kappa shape index (κ1) is 18.7. The van der Waals surface area contributed by atoms with Crippen LogP contribution in [0, 0.1) is 46.8 Å². The van der Waals surface area contributed by atoms with Crippen LogP contribution in [0.4, 0.5) is 0 Å². The number of rotatable bonds is 0. The van der Waals surface area contributed by atoms with Crippen molar-refractivity contribution in [3.8, 4) is 11.8 Å². The van der Waals surface area contributed by atoms with Crippen LogP contribution in [0.3, 0.4) is 0 Å². The Hall–Kier alpha value is -1.30. The summed E-state index contributed by atoms with van der Waals surface area (Å²) in [5.41, 5.74) is 0.608. The smallest absolute Gasteiger partial charge is 0.128 e. The molecule has 0 saturated heterocycles. The second-order valence-electron chi connectivity index (χ2n) is 10.4. The fourth-order valence-electron chi connectivity index (χ4n) is 7.78. The monoisotopic (exact) mass is 378 g/mol. The molecule has 0 amide bonds. The fourth-order valence-corrected chi connectivity index (χ4v) is 7.78. The van der Waals surface area contributed by atoms with Gasteiger partial charge in [0.05, 0.1) is 6.10 Å². The molecule has 4 aliphatic carbocycles. The second-order valence-corrected chi connectivity index (χ2v) is 10.4. The van der Waals surface area contributed by atoms with Crippen LogP contribution in [0.2, 0.25) is 0 Å². The Balaban J connectivity index is 1.37. The summed E-state index contributed by atoms with van der Waals surface area (Å²) < 4.78 is 0. The molecule has 0 spiro atoms. The van der Waals surface area contributed by atoms with E-state index in [4.69, 9.17) is 0 Å². The van der Waals surface area contributed by atoms with E-state index in [1.54, 1.807) is 0 Å². The summed E-state index contributed by atoms with van der Waals surface area (Å²) in [5.74, 6) is 9.79. The van der Waals surface area contributed by atoms with E-state index in [0.717, 1.165) is 49.5 Å². The molecule has 8 atom stereocenters. The maximum atomic E-state index is 11.5. The zero-order valence-corrected chi connectivity index (χ0v) is 17.1. The van der Waals surface area contributed by atoms with Gasteiger partial charge in [-0.25, -0.2) is 0 Å². The SMILES string of the molecule is C[C@@]12CC[C@@H](O)C[C@@H]1CC[C@@H]1[C@H]3CC[C@@](O)(C#Cc4ccccc4)[C@H]3CC[C@@H]12. The van der Waals surface area contributed by atoms with Gasteiger partial charge in [0, 0.05) is 11.5 Å². The molecule has 0 aliphatic heterocycles. The highest BCUT2D eigenvalue weighted by atomic mass is 16.3. The van der Waals surface area contributed by atoms with Crippen molar-refractivity contribution in [3.63, 3.8) is 0 Å². The third kappa shape index (κ3) is 2.94. The standard InChI is InChI=1S/C26H34O2/c1-25-14-12-20(27)17-19(25)7-8-21-22-13-16-26(28,24(22)10-9-23(21)25)15-11-18-5-3-2-4-6-18/h2-6,19-24,27-28H,7-10,12-14,16-17H2,1H3/t19-,20+,21+,22+,23-,24-,25+,26-/m0/s1. The van der Waals surface area contributed by atoms with Crippen molar-refractivity contribution in [1.29, 1.82) is 0 Å². The summed E-state index contributed by atoms with van der Waals surface area (Å²) in [6.45, 7) is 2.52. The zero-order chi connectivity index (χ0) is 19.4. The third-order valence-corrected chi connectivity index (χ3v) is 9.24. The van der Waals surface area contributed by atoms with E-state index in [1.165, 1.54) is 25.7 Å². The number of fused-ring (bicyclic) bond motifs is 5. The first-order valence-corrected chi connectivity index (χ1v) is 11.5. The van der Waals surface area contributed by atoms with Crippen LogP contribution in [0.5, 0.6) is 0 Å². The molecular weight excluding hydrogens is 344 g/mol. The molecule has 1 aromatic carbocycles. The van der Waals surface area contributed by atoms with Crippen LogP contribution in [-0.4, -0.2) is 21.9 Å². The molecule has 4 aliphatic rings. The molecule has 150 valence electrons. The van der Waals surface area contributed by atoms with Crippen LogP contribution >= 0.6 is 0 Å². The summed E-state index contributed by atoms with van der Waals surface area (Å²) >= 11 is 0. The predicted octanol–water partition coefficient (Wildman–Crippen LogP) is 4.78. The van der Waals surface area contributed by atoms with Crippen molar-refractivity contribution >= 4 is 0 Å². The normalized spacial score (nSPS) is 47.2. The lowest BCUT2D eigenvalue weighted by molar-refractivity contribution is -0.116. The van der Waals surface area contributed by atoms with E-state index < -0.39 is 5.60 Å². The van der Waals surface area contributed by atoms with Gasteiger partial charge in [-0.1, -0.05) is 37.0 Å². The van der Waals surface area contributed by atoms with Crippen molar-refractivity contribution in [2.75, 3.05) is 0 Å². The molecule has 0 aromatic heterocycles. The molecule has 1 aromatic rings. The first-order chi connectivity index (χ1) is 13.5. The molecule has 2 nitrogen and oxygen atoms in total. The molecule has 0 bridgehead atoms. The minimum atomic E-state index is -0.800. The van der Waals surface area contributed by atoms with Gasteiger partial charge in [0.25, 0.3) is 0 Å². The van der Waals surface area contributed by atoms with Gasteiger partial charge in [0.1, 0.15) is 5.60 Å². The Morgan fingerprint density at radius 2 is 1.64 bits per heavy atom. The lowest BCUT2D eigenvalue weighted by Gasteiger charge is -2.59. The number of hydrogen-bond acceptors (Lipinski definition) is 2. The summed E-state index contributed by atoms with van der Waals surface area (Å²) in [4.78, 5) is 0. The number of aliphatic hydroxyl groups is 2. The lowest BCUT2D eigenvalue weighted by Crippen LogP contribution is -2.53. The molecule has 0 heterocycles. The van der Waals surface area contributed by atoms with Gasteiger partial charge in [-0.3, -0.25) is 0 Å². The van der Waals surface area contributed by atoms with Gasteiger partial charge in [0.2, 0.25) is 0 Å². The molecule has 4 saturated carbocycles. The van der Waals surface area contributed by atoms with Crippen LogP contribution in [0.1, 0.15) is 70.3 Å². The number of benzene rings is 1. The summed E-state index contributed by atoms with van der Waals surface area (Å²) in [5, 5.41) is 21.6. The molecular formula is C26H34O2. The molecule has 0 radical (unpaired) electrons. The summed E-state index contributed by atoms with van der Waals surface area (Å²) in [6.07, 6.45) is 10.0. The van der Waals surface area contributed by atoms with E-state index in [-0.39, 0.29) is 6.10 Å². The third-order valence-electron chi connectivity index (χ3n) is 9.24. The molecule has 0 unspecified atom stereocenters.